The van der Waals surface area contributed by atoms with Gasteiger partial charge >= 0.3 is 0 Å². The van der Waals surface area contributed by atoms with E-state index in [2.05, 4.69) is 21.2 Å². The maximum Gasteiger partial charge on any atom is 0.252 e. The maximum absolute atomic E-state index is 12.0. The monoisotopic (exact) mass is 330 g/mol. The molecule has 0 saturated heterocycles. The molecule has 1 aromatic carbocycles. The van der Waals surface area contributed by atoms with Crippen molar-refractivity contribution in [2.24, 2.45) is 5.73 Å². The summed E-state index contributed by atoms with van der Waals surface area (Å²) >= 11 is 8.14. The Kier molecular flexibility index (Phi) is 5.55. The first-order valence-corrected chi connectivity index (χ1v) is 6.57. The molecule has 18 heavy (non-hydrogen) atoms. The summed E-state index contributed by atoms with van der Waals surface area (Å²) in [6.07, 6.45) is 0.475. The summed E-state index contributed by atoms with van der Waals surface area (Å²) in [5, 5.41) is 2.83. The van der Waals surface area contributed by atoms with Crippen LogP contribution in [0.3, 0.4) is 0 Å². The second kappa shape index (κ2) is 6.70. The number of nitrogens with two attached hydrogens (primary N) is 1. The smallest absolute Gasteiger partial charge is 0.252 e. The molecule has 0 spiro atoms. The largest absolute Gasteiger partial charge is 0.497 e. The highest BCUT2D eigenvalue weighted by Crippen LogP contribution is 2.22. The van der Waals surface area contributed by atoms with Crippen LogP contribution in [0.15, 0.2) is 22.7 Å². The fourth-order valence-electron chi connectivity index (χ4n) is 1.46. The number of benzene rings is 1. The van der Waals surface area contributed by atoms with Gasteiger partial charge in [0.15, 0.2) is 0 Å². The minimum Gasteiger partial charge on any atom is -0.497 e. The summed E-state index contributed by atoms with van der Waals surface area (Å²) in [6.45, 7) is 1.85. The van der Waals surface area contributed by atoms with E-state index < -0.39 is 0 Å². The fourth-order valence-corrected chi connectivity index (χ4v) is 2.14. The van der Waals surface area contributed by atoms with Crippen LogP contribution in [0.25, 0.3) is 0 Å². The van der Waals surface area contributed by atoms with Crippen LogP contribution in [-0.2, 0) is 0 Å². The molecule has 1 rings (SSSR count). The molecular weight excluding hydrogens is 316 g/mol. The predicted molar refractivity (Wildman–Crippen MR) is 79.0 cm³/mol. The Labute approximate surface area is 120 Å². The summed E-state index contributed by atoms with van der Waals surface area (Å²) in [6, 6.07) is 5.12. The molecule has 0 aromatic heterocycles. The summed E-state index contributed by atoms with van der Waals surface area (Å²) in [5.74, 6) is 0.440. The third-order valence-corrected chi connectivity index (χ3v) is 3.16. The van der Waals surface area contributed by atoms with Gasteiger partial charge in [-0.1, -0.05) is 12.2 Å². The molecule has 0 aliphatic rings. The standard InChI is InChI=1S/C12H15BrN2O2S/c1-7(5-11(14)18)15-12(16)9-6-8(17-2)3-4-10(9)13/h3-4,6-7H,5H2,1-2H3,(H2,14,18)(H,15,16). The van der Waals surface area contributed by atoms with Crippen LogP contribution in [0.2, 0.25) is 0 Å². The van der Waals surface area contributed by atoms with Gasteiger partial charge in [-0.25, -0.2) is 0 Å². The normalized spacial score (nSPS) is 11.7. The molecular formula is C12H15BrN2O2S. The van der Waals surface area contributed by atoms with Crippen LogP contribution in [0.1, 0.15) is 23.7 Å². The van der Waals surface area contributed by atoms with Crippen LogP contribution in [0.4, 0.5) is 0 Å². The van der Waals surface area contributed by atoms with E-state index >= 15 is 0 Å². The van der Waals surface area contributed by atoms with Gasteiger partial charge in [-0.3, -0.25) is 4.79 Å². The molecule has 1 atom stereocenters. The Hall–Kier alpha value is -1.14. The number of amides is 1. The highest BCUT2D eigenvalue weighted by Gasteiger charge is 2.14. The van der Waals surface area contributed by atoms with Gasteiger partial charge in [-0.05, 0) is 41.1 Å². The van der Waals surface area contributed by atoms with Crippen LogP contribution in [0, 0.1) is 0 Å². The lowest BCUT2D eigenvalue weighted by molar-refractivity contribution is 0.0940. The number of halogens is 1. The molecule has 1 unspecified atom stereocenters. The molecule has 3 N–H and O–H groups in total. The highest BCUT2D eigenvalue weighted by molar-refractivity contribution is 9.10. The zero-order chi connectivity index (χ0) is 13.7. The molecule has 4 nitrogen and oxygen atoms in total. The van der Waals surface area contributed by atoms with E-state index in [4.69, 9.17) is 22.7 Å². The second-order valence-electron chi connectivity index (χ2n) is 3.89. The number of rotatable bonds is 5. The zero-order valence-corrected chi connectivity index (χ0v) is 12.6. The van der Waals surface area contributed by atoms with Gasteiger partial charge in [0.05, 0.1) is 17.7 Å². The van der Waals surface area contributed by atoms with E-state index in [0.29, 0.717) is 27.2 Å². The Bertz CT molecular complexity index is 465. The Morgan fingerprint density at radius 2 is 2.28 bits per heavy atom. The average molecular weight is 331 g/mol. The van der Waals surface area contributed by atoms with E-state index in [-0.39, 0.29) is 11.9 Å². The predicted octanol–water partition coefficient (Wildman–Crippen LogP) is 2.25. The molecule has 0 aliphatic carbocycles. The zero-order valence-electron chi connectivity index (χ0n) is 10.2. The molecule has 0 aliphatic heterocycles. The van der Waals surface area contributed by atoms with Crippen molar-refractivity contribution in [2.45, 2.75) is 19.4 Å². The lowest BCUT2D eigenvalue weighted by Crippen LogP contribution is -2.35. The van der Waals surface area contributed by atoms with Gasteiger partial charge in [0, 0.05) is 16.9 Å². The van der Waals surface area contributed by atoms with Crippen molar-refractivity contribution in [1.82, 2.24) is 5.32 Å². The number of carbonyl (C=O) groups is 1. The van der Waals surface area contributed by atoms with Crippen molar-refractivity contribution in [3.8, 4) is 5.75 Å². The molecule has 0 bridgehead atoms. The lowest BCUT2D eigenvalue weighted by atomic mass is 10.1. The molecule has 1 amide bonds. The fraction of sp³-hybridized carbons (Fsp3) is 0.333. The van der Waals surface area contributed by atoms with Crippen molar-refractivity contribution in [2.75, 3.05) is 7.11 Å². The highest BCUT2D eigenvalue weighted by atomic mass is 79.9. The molecule has 0 fully saturated rings. The Morgan fingerprint density at radius 1 is 1.61 bits per heavy atom. The minimum absolute atomic E-state index is 0.104. The second-order valence-corrected chi connectivity index (χ2v) is 5.27. The van der Waals surface area contributed by atoms with Gasteiger partial charge in [0.2, 0.25) is 0 Å². The van der Waals surface area contributed by atoms with E-state index in [1.807, 2.05) is 6.92 Å². The van der Waals surface area contributed by atoms with E-state index in [0.717, 1.165) is 0 Å². The van der Waals surface area contributed by atoms with Crippen LogP contribution >= 0.6 is 28.1 Å². The molecule has 6 heteroatoms. The van der Waals surface area contributed by atoms with Crippen molar-refractivity contribution >= 4 is 39.0 Å². The van der Waals surface area contributed by atoms with Crippen LogP contribution < -0.4 is 15.8 Å². The van der Waals surface area contributed by atoms with Gasteiger partial charge in [0.25, 0.3) is 5.91 Å². The summed E-state index contributed by atoms with van der Waals surface area (Å²) in [7, 11) is 1.56. The first kappa shape index (κ1) is 14.9. The van der Waals surface area contributed by atoms with Gasteiger partial charge in [0.1, 0.15) is 5.75 Å². The van der Waals surface area contributed by atoms with Crippen molar-refractivity contribution in [3.05, 3.63) is 28.2 Å². The van der Waals surface area contributed by atoms with Gasteiger partial charge in [-0.15, -0.1) is 0 Å². The van der Waals surface area contributed by atoms with E-state index in [9.17, 15) is 4.79 Å². The van der Waals surface area contributed by atoms with Crippen LogP contribution in [0.5, 0.6) is 5.75 Å². The number of ether oxygens (including phenoxy) is 1. The quantitative estimate of drug-likeness (QED) is 0.813. The van der Waals surface area contributed by atoms with E-state index in [1.165, 1.54) is 0 Å². The topological polar surface area (TPSA) is 64.3 Å². The SMILES string of the molecule is COc1ccc(Br)c(C(=O)NC(C)CC(N)=S)c1. The number of carbonyl (C=O) groups excluding carboxylic acids is 1. The van der Waals surface area contributed by atoms with Crippen molar-refractivity contribution in [1.29, 1.82) is 0 Å². The molecule has 98 valence electrons. The molecule has 0 radical (unpaired) electrons. The molecule has 1 aromatic rings. The number of hydrogen-bond donors (Lipinski definition) is 2. The first-order chi connectivity index (χ1) is 8.43. The lowest BCUT2D eigenvalue weighted by Gasteiger charge is -2.14. The first-order valence-electron chi connectivity index (χ1n) is 5.36. The number of hydrogen-bond acceptors (Lipinski definition) is 3. The number of thiocarbonyl (C=S) groups is 1. The van der Waals surface area contributed by atoms with E-state index in [1.54, 1.807) is 25.3 Å². The minimum atomic E-state index is -0.190. The average Bonchev–Trinajstić information content (AvgIpc) is 2.28. The van der Waals surface area contributed by atoms with Crippen LogP contribution in [-0.4, -0.2) is 24.0 Å². The van der Waals surface area contributed by atoms with Gasteiger partial charge < -0.3 is 15.8 Å². The summed E-state index contributed by atoms with van der Waals surface area (Å²) < 4.78 is 5.80. The third kappa shape index (κ3) is 4.27. The number of nitrogens with one attached hydrogen (secondary N) is 1. The maximum atomic E-state index is 12.0. The summed E-state index contributed by atoms with van der Waals surface area (Å²) in [5.41, 5.74) is 5.95. The Balaban J connectivity index is 2.80. The number of methoxy groups -OCH3 is 1. The molecule has 0 heterocycles. The Morgan fingerprint density at radius 3 is 2.83 bits per heavy atom. The summed E-state index contributed by atoms with van der Waals surface area (Å²) in [4.78, 5) is 12.4. The molecule has 0 saturated carbocycles. The third-order valence-electron chi connectivity index (χ3n) is 2.30. The van der Waals surface area contributed by atoms with Crippen molar-refractivity contribution in [3.63, 3.8) is 0 Å². The van der Waals surface area contributed by atoms with Gasteiger partial charge in [-0.2, -0.15) is 0 Å². The van der Waals surface area contributed by atoms with Crippen molar-refractivity contribution < 1.29 is 9.53 Å².